The standard InChI is InChI=1S/C28H29FN4O2.C4H9N/c29-21-7-13-24(14-8-21)33-26(19-3-9-22(10-4-19)31-18-34)15-16-27(33)20-5-11-23(12-6-20)32-28(35)25-2-1-17-30-25;1-2-4-5-3-1/h3-14,18,25-27,30H,1-2,15-17H2,(H,31,34)(H,32,35);5H,1-4H2. The van der Waals surface area contributed by atoms with Crippen LogP contribution in [0.25, 0.3) is 0 Å². The van der Waals surface area contributed by atoms with Crippen LogP contribution in [0, 0.1) is 5.82 Å². The maximum atomic E-state index is 13.7. The number of benzene rings is 3. The van der Waals surface area contributed by atoms with Crippen LogP contribution in [0.1, 0.15) is 61.7 Å². The van der Waals surface area contributed by atoms with Crippen molar-refractivity contribution in [2.75, 3.05) is 35.2 Å². The molecule has 3 aliphatic rings. The minimum Gasteiger partial charge on any atom is -0.357 e. The Balaban J connectivity index is 0.000000582. The molecule has 8 heteroatoms. The highest BCUT2D eigenvalue weighted by Crippen LogP contribution is 2.47. The summed E-state index contributed by atoms with van der Waals surface area (Å²) in [7, 11) is 0. The number of nitrogens with one attached hydrogen (secondary N) is 4. The lowest BCUT2D eigenvalue weighted by atomic mass is 10.0. The summed E-state index contributed by atoms with van der Waals surface area (Å²) in [6, 6.07) is 22.7. The second-order valence-electron chi connectivity index (χ2n) is 10.6. The molecule has 4 N–H and O–H groups in total. The molecule has 3 aliphatic heterocycles. The molecule has 0 bridgehead atoms. The highest BCUT2D eigenvalue weighted by molar-refractivity contribution is 5.95. The smallest absolute Gasteiger partial charge is 0.241 e. The average molecular weight is 544 g/mol. The first-order valence-electron chi connectivity index (χ1n) is 14.3. The number of nitrogens with zero attached hydrogens (tertiary/aromatic N) is 1. The number of carbonyl (C=O) groups is 2. The van der Waals surface area contributed by atoms with Crippen LogP contribution in [0.3, 0.4) is 0 Å². The summed E-state index contributed by atoms with van der Waals surface area (Å²) < 4.78 is 13.7. The minimum absolute atomic E-state index is 0.0108. The average Bonchev–Trinajstić information content (AvgIpc) is 3.79. The molecule has 0 saturated carbocycles. The Morgan fingerprint density at radius 3 is 1.88 bits per heavy atom. The number of halogens is 1. The summed E-state index contributed by atoms with van der Waals surface area (Å²) in [5.74, 6) is -0.251. The second-order valence-corrected chi connectivity index (χ2v) is 10.6. The largest absolute Gasteiger partial charge is 0.357 e. The van der Waals surface area contributed by atoms with Crippen LogP contribution in [0.2, 0.25) is 0 Å². The predicted octanol–water partition coefficient (Wildman–Crippen LogP) is 5.54. The van der Waals surface area contributed by atoms with Crippen molar-refractivity contribution >= 4 is 29.4 Å². The van der Waals surface area contributed by atoms with Crippen LogP contribution >= 0.6 is 0 Å². The van der Waals surface area contributed by atoms with Gasteiger partial charge in [-0.3, -0.25) is 9.59 Å². The fourth-order valence-corrected chi connectivity index (χ4v) is 5.86. The predicted molar refractivity (Wildman–Crippen MR) is 158 cm³/mol. The van der Waals surface area contributed by atoms with Gasteiger partial charge in [-0.15, -0.1) is 0 Å². The van der Waals surface area contributed by atoms with E-state index < -0.39 is 0 Å². The van der Waals surface area contributed by atoms with E-state index in [0.29, 0.717) is 6.41 Å². The van der Waals surface area contributed by atoms with Gasteiger partial charge in [-0.25, -0.2) is 4.39 Å². The molecule has 3 atom stereocenters. The summed E-state index contributed by atoms with van der Waals surface area (Å²) in [6.07, 6.45) is 7.21. The Kier molecular flexibility index (Phi) is 9.42. The van der Waals surface area contributed by atoms with Crippen LogP contribution in [0.4, 0.5) is 21.5 Å². The van der Waals surface area contributed by atoms with Gasteiger partial charge in [0, 0.05) is 17.1 Å². The van der Waals surface area contributed by atoms with Gasteiger partial charge in [0.1, 0.15) is 5.82 Å². The maximum absolute atomic E-state index is 13.7. The van der Waals surface area contributed by atoms with Crippen LogP contribution in [0.15, 0.2) is 72.8 Å². The molecule has 2 amide bonds. The Hall–Kier alpha value is -3.75. The van der Waals surface area contributed by atoms with Gasteiger partial charge < -0.3 is 26.2 Å². The number of amides is 2. The normalized spacial score (nSPS) is 21.9. The lowest BCUT2D eigenvalue weighted by Gasteiger charge is -2.33. The molecule has 0 radical (unpaired) electrons. The van der Waals surface area contributed by atoms with Gasteiger partial charge in [-0.1, -0.05) is 24.3 Å². The number of rotatable bonds is 7. The first kappa shape index (κ1) is 27.8. The molecule has 3 heterocycles. The van der Waals surface area contributed by atoms with Crippen molar-refractivity contribution in [2.45, 2.75) is 56.7 Å². The van der Waals surface area contributed by atoms with E-state index in [9.17, 15) is 14.0 Å². The van der Waals surface area contributed by atoms with Crippen LogP contribution in [0.5, 0.6) is 0 Å². The zero-order valence-electron chi connectivity index (χ0n) is 22.7. The van der Waals surface area contributed by atoms with Crippen LogP contribution in [-0.2, 0) is 9.59 Å². The van der Waals surface area contributed by atoms with Gasteiger partial charge in [0.15, 0.2) is 0 Å². The summed E-state index contributed by atoms with van der Waals surface area (Å²) in [6.45, 7) is 3.38. The molecular weight excluding hydrogens is 505 g/mol. The van der Waals surface area contributed by atoms with Gasteiger partial charge in [0.25, 0.3) is 0 Å². The molecule has 3 saturated heterocycles. The number of carbonyl (C=O) groups excluding carboxylic acids is 2. The Bertz CT molecular complexity index is 1230. The monoisotopic (exact) mass is 543 g/mol. The van der Waals surface area contributed by atoms with E-state index in [1.807, 2.05) is 48.5 Å². The SMILES string of the molecule is C1CCNC1.O=CNc1ccc(C2CCC(c3ccc(NC(=O)C4CCCN4)cc3)N2c2ccc(F)cc2)cc1. The van der Waals surface area contributed by atoms with E-state index in [2.05, 4.69) is 38.3 Å². The second kappa shape index (κ2) is 13.5. The summed E-state index contributed by atoms with van der Waals surface area (Å²) in [5, 5.41) is 12.1. The molecular formula is C32H38FN5O2. The molecule has 3 aromatic rings. The zero-order valence-corrected chi connectivity index (χ0v) is 22.7. The summed E-state index contributed by atoms with van der Waals surface area (Å²) in [5.41, 5.74) is 4.78. The number of hydrogen-bond donors (Lipinski definition) is 4. The summed E-state index contributed by atoms with van der Waals surface area (Å²) in [4.78, 5) is 25.5. The van der Waals surface area contributed by atoms with Gasteiger partial charge >= 0.3 is 0 Å². The molecule has 7 nitrogen and oxygen atoms in total. The Morgan fingerprint density at radius 2 is 1.38 bits per heavy atom. The number of hydrogen-bond acceptors (Lipinski definition) is 5. The molecule has 40 heavy (non-hydrogen) atoms. The molecule has 0 aromatic heterocycles. The van der Waals surface area contributed by atoms with E-state index >= 15 is 0 Å². The molecule has 3 fully saturated rings. The van der Waals surface area contributed by atoms with Crippen molar-refractivity contribution in [3.63, 3.8) is 0 Å². The molecule has 3 unspecified atom stereocenters. The molecule has 3 aromatic carbocycles. The van der Waals surface area contributed by atoms with Gasteiger partial charge in [0.2, 0.25) is 12.3 Å². The van der Waals surface area contributed by atoms with Crippen molar-refractivity contribution < 1.29 is 14.0 Å². The van der Waals surface area contributed by atoms with Gasteiger partial charge in [-0.05, 0) is 118 Å². The quantitative estimate of drug-likeness (QED) is 0.294. The highest BCUT2D eigenvalue weighted by Gasteiger charge is 2.35. The van der Waals surface area contributed by atoms with Gasteiger partial charge in [0.05, 0.1) is 18.1 Å². The van der Waals surface area contributed by atoms with Gasteiger partial charge in [-0.2, -0.15) is 0 Å². The number of anilines is 3. The van der Waals surface area contributed by atoms with Crippen LogP contribution in [-0.4, -0.2) is 38.0 Å². The third-order valence-electron chi connectivity index (χ3n) is 7.93. The van der Waals surface area contributed by atoms with Crippen molar-refractivity contribution in [3.8, 4) is 0 Å². The fraction of sp³-hybridized carbons (Fsp3) is 0.375. The summed E-state index contributed by atoms with van der Waals surface area (Å²) >= 11 is 0. The topological polar surface area (TPSA) is 85.5 Å². The van der Waals surface area contributed by atoms with Crippen molar-refractivity contribution in [3.05, 3.63) is 89.7 Å². The Labute approximate surface area is 235 Å². The van der Waals surface area contributed by atoms with Crippen molar-refractivity contribution in [1.82, 2.24) is 10.6 Å². The molecule has 0 aliphatic carbocycles. The van der Waals surface area contributed by atoms with Crippen LogP contribution < -0.4 is 26.2 Å². The molecule has 210 valence electrons. The van der Waals surface area contributed by atoms with E-state index in [1.54, 1.807) is 0 Å². The lowest BCUT2D eigenvalue weighted by molar-refractivity contribution is -0.117. The van der Waals surface area contributed by atoms with E-state index in [0.717, 1.165) is 60.4 Å². The van der Waals surface area contributed by atoms with E-state index in [1.165, 1.54) is 38.1 Å². The first-order valence-corrected chi connectivity index (χ1v) is 14.3. The highest BCUT2D eigenvalue weighted by atomic mass is 19.1. The Morgan fingerprint density at radius 1 is 0.775 bits per heavy atom. The molecule has 0 spiro atoms. The fourth-order valence-electron chi connectivity index (χ4n) is 5.86. The van der Waals surface area contributed by atoms with E-state index in [-0.39, 0.29) is 29.8 Å². The first-order chi connectivity index (χ1) is 19.6. The lowest BCUT2D eigenvalue weighted by Crippen LogP contribution is -2.35. The third kappa shape index (κ3) is 6.87. The zero-order chi connectivity index (χ0) is 27.7. The minimum atomic E-state index is -0.262. The van der Waals surface area contributed by atoms with E-state index in [4.69, 9.17) is 0 Å². The maximum Gasteiger partial charge on any atom is 0.241 e. The van der Waals surface area contributed by atoms with Crippen molar-refractivity contribution in [1.29, 1.82) is 0 Å². The molecule has 6 rings (SSSR count). The van der Waals surface area contributed by atoms with Crippen molar-refractivity contribution in [2.24, 2.45) is 0 Å². The third-order valence-corrected chi connectivity index (χ3v) is 7.93.